The van der Waals surface area contributed by atoms with Gasteiger partial charge in [-0.2, -0.15) is 0 Å². The van der Waals surface area contributed by atoms with E-state index in [0.717, 1.165) is 6.42 Å². The molecule has 5 heteroatoms. The first-order valence-electron chi connectivity index (χ1n) is 3.59. The lowest BCUT2D eigenvalue weighted by atomic mass is 10.3. The van der Waals surface area contributed by atoms with Crippen LogP contribution in [0.15, 0.2) is 16.9 Å². The second-order valence-corrected chi connectivity index (χ2v) is 2.06. The monoisotopic (exact) mass is 169 g/mol. The lowest BCUT2D eigenvalue weighted by molar-refractivity contribution is -0.136. The van der Waals surface area contributed by atoms with Crippen LogP contribution in [0.3, 0.4) is 0 Å². The van der Waals surface area contributed by atoms with Crippen LogP contribution in [0.25, 0.3) is 10.4 Å². The number of hydrogen-bond acceptors (Lipinski definition) is 3. The Morgan fingerprint density at radius 1 is 1.75 bits per heavy atom. The lowest BCUT2D eigenvalue weighted by Gasteiger charge is -1.96. The van der Waals surface area contributed by atoms with Crippen molar-refractivity contribution in [3.63, 3.8) is 0 Å². The van der Waals surface area contributed by atoms with E-state index in [9.17, 15) is 4.79 Å². The van der Waals surface area contributed by atoms with Crippen LogP contribution in [0.2, 0.25) is 0 Å². The highest BCUT2D eigenvalue weighted by Gasteiger charge is 2.05. The van der Waals surface area contributed by atoms with E-state index in [1.54, 1.807) is 6.08 Å². The number of ether oxygens (including phenoxy) is 1. The fourth-order valence-corrected chi connectivity index (χ4v) is 0.599. The maximum atomic E-state index is 10.9. The molecule has 0 aromatic rings. The Kier molecular flexibility index (Phi) is 5.47. The van der Waals surface area contributed by atoms with Crippen molar-refractivity contribution >= 4 is 5.97 Å². The highest BCUT2D eigenvalue weighted by molar-refractivity contribution is 5.87. The van der Waals surface area contributed by atoms with Crippen molar-refractivity contribution in [3.8, 4) is 0 Å². The molecule has 0 unspecified atom stereocenters. The molecular formula is C7H11N3O2. The Balaban J connectivity index is 4.42. The highest BCUT2D eigenvalue weighted by Crippen LogP contribution is 2.03. The van der Waals surface area contributed by atoms with Gasteiger partial charge in [0.1, 0.15) is 5.70 Å². The number of rotatable bonds is 4. The fraction of sp³-hybridized carbons (Fsp3) is 0.571. The third-order valence-corrected chi connectivity index (χ3v) is 1.17. The Bertz CT molecular complexity index is 229. The van der Waals surface area contributed by atoms with Gasteiger partial charge in [0.05, 0.1) is 7.11 Å². The van der Waals surface area contributed by atoms with Gasteiger partial charge in [0.25, 0.3) is 0 Å². The van der Waals surface area contributed by atoms with E-state index in [1.807, 2.05) is 6.92 Å². The number of carbonyl (C=O) groups excluding carboxylic acids is 1. The average molecular weight is 169 g/mol. The predicted molar refractivity (Wildman–Crippen MR) is 44.2 cm³/mol. The number of unbranched alkanes of at least 4 members (excludes halogenated alkanes) is 1. The van der Waals surface area contributed by atoms with Crippen molar-refractivity contribution in [2.75, 3.05) is 7.11 Å². The Hall–Kier alpha value is -1.48. The molecule has 0 N–H and O–H groups in total. The van der Waals surface area contributed by atoms with Gasteiger partial charge in [-0.25, -0.2) is 4.79 Å². The maximum Gasteiger partial charge on any atom is 0.339 e. The number of methoxy groups -OCH3 is 1. The van der Waals surface area contributed by atoms with Crippen LogP contribution >= 0.6 is 0 Å². The van der Waals surface area contributed by atoms with E-state index < -0.39 is 5.97 Å². The molecule has 66 valence electrons. The van der Waals surface area contributed by atoms with Gasteiger partial charge >= 0.3 is 5.97 Å². The number of carbonyl (C=O) groups is 1. The lowest BCUT2D eigenvalue weighted by Crippen LogP contribution is -2.01. The van der Waals surface area contributed by atoms with Crippen LogP contribution < -0.4 is 0 Å². The second-order valence-electron chi connectivity index (χ2n) is 2.06. The van der Waals surface area contributed by atoms with Gasteiger partial charge in [0.2, 0.25) is 0 Å². The molecule has 0 spiro atoms. The van der Waals surface area contributed by atoms with E-state index in [1.165, 1.54) is 7.11 Å². The second kappa shape index (κ2) is 6.24. The Labute approximate surface area is 70.6 Å². The van der Waals surface area contributed by atoms with E-state index in [2.05, 4.69) is 14.8 Å². The summed E-state index contributed by atoms with van der Waals surface area (Å²) in [6.07, 6.45) is 3.15. The van der Waals surface area contributed by atoms with Crippen molar-refractivity contribution in [3.05, 3.63) is 22.2 Å². The topological polar surface area (TPSA) is 75.1 Å². The molecule has 0 aromatic carbocycles. The van der Waals surface area contributed by atoms with Crippen LogP contribution in [0.1, 0.15) is 19.8 Å². The molecule has 0 amide bonds. The Morgan fingerprint density at radius 2 is 2.42 bits per heavy atom. The minimum absolute atomic E-state index is 0.0295. The number of azide groups is 1. The Morgan fingerprint density at radius 3 is 2.83 bits per heavy atom. The molecule has 0 heterocycles. The zero-order valence-electron chi connectivity index (χ0n) is 7.15. The average Bonchev–Trinajstić information content (AvgIpc) is 2.11. The van der Waals surface area contributed by atoms with E-state index >= 15 is 0 Å². The molecule has 0 aliphatic heterocycles. The third kappa shape index (κ3) is 3.63. The van der Waals surface area contributed by atoms with E-state index in [4.69, 9.17) is 5.53 Å². The molecule has 5 nitrogen and oxygen atoms in total. The zero-order chi connectivity index (χ0) is 9.40. The minimum Gasteiger partial charge on any atom is -0.466 e. The standard InChI is InChI=1S/C7H11N3O2/c1-3-4-5-6(9-10-8)7(11)12-2/h5H,3-4H2,1-2H3. The molecule has 0 bridgehead atoms. The highest BCUT2D eigenvalue weighted by atomic mass is 16.5. The third-order valence-electron chi connectivity index (χ3n) is 1.17. The van der Waals surface area contributed by atoms with Crippen molar-refractivity contribution in [2.24, 2.45) is 5.11 Å². The molecule has 0 saturated heterocycles. The van der Waals surface area contributed by atoms with Crippen molar-refractivity contribution in [1.29, 1.82) is 0 Å². The summed E-state index contributed by atoms with van der Waals surface area (Å²) in [5, 5.41) is 3.20. The van der Waals surface area contributed by atoms with Crippen LogP contribution in [-0.4, -0.2) is 13.1 Å². The fourth-order valence-electron chi connectivity index (χ4n) is 0.599. The van der Waals surface area contributed by atoms with Gasteiger partial charge in [-0.05, 0) is 12.0 Å². The quantitative estimate of drug-likeness (QED) is 0.212. The number of nitrogens with zero attached hydrogens (tertiary/aromatic N) is 3. The van der Waals surface area contributed by atoms with Gasteiger partial charge in [0.15, 0.2) is 0 Å². The van der Waals surface area contributed by atoms with Gasteiger partial charge in [-0.3, -0.25) is 0 Å². The molecule has 0 aliphatic rings. The van der Waals surface area contributed by atoms with Crippen LogP contribution in [0.5, 0.6) is 0 Å². The molecule has 0 rings (SSSR count). The summed E-state index contributed by atoms with van der Waals surface area (Å²) in [6, 6.07) is 0. The number of hydrogen-bond donors (Lipinski definition) is 0. The zero-order valence-corrected chi connectivity index (χ0v) is 7.15. The normalized spacial score (nSPS) is 10.3. The van der Waals surface area contributed by atoms with Gasteiger partial charge in [0, 0.05) is 4.91 Å². The first kappa shape index (κ1) is 10.5. The van der Waals surface area contributed by atoms with Gasteiger partial charge in [-0.1, -0.05) is 24.5 Å². The molecule has 0 atom stereocenters. The van der Waals surface area contributed by atoms with Crippen LogP contribution in [0, 0.1) is 0 Å². The molecule has 0 radical (unpaired) electrons. The smallest absolute Gasteiger partial charge is 0.339 e. The summed E-state index contributed by atoms with van der Waals surface area (Å²) >= 11 is 0. The predicted octanol–water partition coefficient (Wildman–Crippen LogP) is 2.15. The molecule has 0 fully saturated rings. The van der Waals surface area contributed by atoms with E-state index in [-0.39, 0.29) is 5.70 Å². The summed E-state index contributed by atoms with van der Waals surface area (Å²) in [6.45, 7) is 1.96. The molecule has 0 saturated carbocycles. The van der Waals surface area contributed by atoms with Crippen molar-refractivity contribution in [2.45, 2.75) is 19.8 Å². The molecule has 0 aliphatic carbocycles. The first-order valence-corrected chi connectivity index (χ1v) is 3.59. The molecule has 0 aromatic heterocycles. The van der Waals surface area contributed by atoms with Crippen molar-refractivity contribution < 1.29 is 9.53 Å². The summed E-state index contributed by atoms with van der Waals surface area (Å²) < 4.78 is 4.39. The van der Waals surface area contributed by atoms with Gasteiger partial charge in [-0.15, -0.1) is 0 Å². The number of allylic oxidation sites excluding steroid dienone is 1. The van der Waals surface area contributed by atoms with Gasteiger partial charge < -0.3 is 4.74 Å². The van der Waals surface area contributed by atoms with E-state index in [0.29, 0.717) is 6.42 Å². The maximum absolute atomic E-state index is 10.9. The summed E-state index contributed by atoms with van der Waals surface area (Å²) in [5.41, 5.74) is 8.12. The van der Waals surface area contributed by atoms with Crippen molar-refractivity contribution in [1.82, 2.24) is 0 Å². The first-order chi connectivity index (χ1) is 5.76. The molecule has 12 heavy (non-hydrogen) atoms. The summed E-state index contributed by atoms with van der Waals surface area (Å²) in [4.78, 5) is 13.4. The SMILES string of the molecule is CCCC=C(N=[N+]=[N-])C(=O)OC. The summed E-state index contributed by atoms with van der Waals surface area (Å²) in [5.74, 6) is -0.596. The van der Waals surface area contributed by atoms with Crippen LogP contribution in [0.4, 0.5) is 0 Å². The molecular weight excluding hydrogens is 158 g/mol. The minimum atomic E-state index is -0.596. The largest absolute Gasteiger partial charge is 0.466 e. The number of esters is 1. The van der Waals surface area contributed by atoms with Crippen LogP contribution in [-0.2, 0) is 9.53 Å². The summed E-state index contributed by atoms with van der Waals surface area (Å²) in [7, 11) is 1.25.